The topological polar surface area (TPSA) is 0 Å². The van der Waals surface area contributed by atoms with Crippen molar-refractivity contribution in [2.24, 2.45) is 5.92 Å². The summed E-state index contributed by atoms with van der Waals surface area (Å²) in [6.45, 7) is 0. The summed E-state index contributed by atoms with van der Waals surface area (Å²) in [7, 11) is 0. The zero-order valence-corrected chi connectivity index (χ0v) is 11.1. The molecule has 15 heavy (non-hydrogen) atoms. The van der Waals surface area contributed by atoms with Crippen LogP contribution in [-0.2, 0) is 6.42 Å². The lowest BCUT2D eigenvalue weighted by Gasteiger charge is -2.17. The molecule has 1 aromatic rings. The first-order chi connectivity index (χ1) is 7.27. The van der Waals surface area contributed by atoms with Crippen molar-refractivity contribution in [1.29, 1.82) is 0 Å². The zero-order chi connectivity index (χ0) is 10.7. The Morgan fingerprint density at radius 1 is 1.27 bits per heavy atom. The Morgan fingerprint density at radius 2 is 1.93 bits per heavy atom. The molecule has 0 nitrogen and oxygen atoms in total. The summed E-state index contributed by atoms with van der Waals surface area (Å²) in [5.74, 6) is 0.848. The molecule has 1 fully saturated rings. The average Bonchev–Trinajstić information content (AvgIpc) is 2.74. The molecule has 1 aliphatic carbocycles. The van der Waals surface area contributed by atoms with Crippen molar-refractivity contribution in [2.75, 3.05) is 0 Å². The summed E-state index contributed by atoms with van der Waals surface area (Å²) in [5.41, 5.74) is 1.27. The van der Waals surface area contributed by atoms with Gasteiger partial charge in [0.25, 0.3) is 0 Å². The SMILES string of the molecule is Clc1ccccc1CC(Br)C1CCCC1. The van der Waals surface area contributed by atoms with Crippen molar-refractivity contribution in [3.05, 3.63) is 34.9 Å². The molecule has 1 unspecified atom stereocenters. The van der Waals surface area contributed by atoms with Gasteiger partial charge in [0.05, 0.1) is 0 Å². The molecule has 0 aromatic heterocycles. The highest BCUT2D eigenvalue weighted by Crippen LogP contribution is 2.34. The van der Waals surface area contributed by atoms with E-state index in [1.807, 2.05) is 12.1 Å². The molecule has 2 rings (SSSR count). The Morgan fingerprint density at radius 3 is 2.60 bits per heavy atom. The van der Waals surface area contributed by atoms with Crippen LogP contribution in [0.4, 0.5) is 0 Å². The van der Waals surface area contributed by atoms with Crippen LogP contribution in [0.3, 0.4) is 0 Å². The van der Waals surface area contributed by atoms with Crippen LogP contribution >= 0.6 is 27.5 Å². The summed E-state index contributed by atoms with van der Waals surface area (Å²) in [6, 6.07) is 8.16. The predicted molar refractivity (Wildman–Crippen MR) is 69.8 cm³/mol. The van der Waals surface area contributed by atoms with E-state index >= 15 is 0 Å². The van der Waals surface area contributed by atoms with E-state index in [0.29, 0.717) is 4.83 Å². The molecule has 0 aliphatic heterocycles. The van der Waals surface area contributed by atoms with E-state index in [4.69, 9.17) is 11.6 Å². The van der Waals surface area contributed by atoms with Crippen LogP contribution in [0.2, 0.25) is 5.02 Å². The van der Waals surface area contributed by atoms with Gasteiger partial charge in [0.1, 0.15) is 0 Å². The van der Waals surface area contributed by atoms with Gasteiger partial charge in [0.15, 0.2) is 0 Å². The molecule has 0 heterocycles. The van der Waals surface area contributed by atoms with Crippen molar-refractivity contribution in [3.63, 3.8) is 0 Å². The fourth-order valence-electron chi connectivity index (χ4n) is 2.36. The highest BCUT2D eigenvalue weighted by molar-refractivity contribution is 9.09. The summed E-state index contributed by atoms with van der Waals surface area (Å²) in [5, 5.41) is 0.903. The molecule has 0 saturated heterocycles. The summed E-state index contributed by atoms with van der Waals surface area (Å²) in [6.07, 6.45) is 6.61. The lowest BCUT2D eigenvalue weighted by atomic mass is 9.98. The third-order valence-electron chi connectivity index (χ3n) is 3.28. The van der Waals surface area contributed by atoms with Crippen LogP contribution in [0.15, 0.2) is 24.3 Å². The maximum atomic E-state index is 6.15. The quantitative estimate of drug-likeness (QED) is 0.698. The minimum Gasteiger partial charge on any atom is -0.0884 e. The summed E-state index contributed by atoms with van der Waals surface area (Å²) < 4.78 is 0. The highest BCUT2D eigenvalue weighted by atomic mass is 79.9. The Balaban J connectivity index is 1.99. The average molecular weight is 288 g/mol. The zero-order valence-electron chi connectivity index (χ0n) is 8.76. The van der Waals surface area contributed by atoms with Gasteiger partial charge < -0.3 is 0 Å². The second kappa shape index (κ2) is 5.36. The maximum absolute atomic E-state index is 6.15. The second-order valence-electron chi connectivity index (χ2n) is 4.36. The number of benzene rings is 1. The van der Waals surface area contributed by atoms with Gasteiger partial charge in [-0.3, -0.25) is 0 Å². The van der Waals surface area contributed by atoms with Crippen LogP contribution < -0.4 is 0 Å². The third-order valence-corrected chi connectivity index (χ3v) is 4.72. The van der Waals surface area contributed by atoms with Crippen molar-refractivity contribution in [2.45, 2.75) is 36.9 Å². The first kappa shape index (κ1) is 11.5. The van der Waals surface area contributed by atoms with Gasteiger partial charge in [-0.1, -0.05) is 58.6 Å². The molecule has 1 aliphatic rings. The Labute approximate surface area is 105 Å². The first-order valence-electron chi connectivity index (χ1n) is 5.65. The lowest BCUT2D eigenvalue weighted by molar-refractivity contribution is 0.525. The van der Waals surface area contributed by atoms with Crippen LogP contribution in [-0.4, -0.2) is 4.83 Å². The van der Waals surface area contributed by atoms with Crippen LogP contribution in [0.5, 0.6) is 0 Å². The largest absolute Gasteiger partial charge is 0.0884 e. The van der Waals surface area contributed by atoms with E-state index in [0.717, 1.165) is 17.4 Å². The minimum absolute atomic E-state index is 0.597. The monoisotopic (exact) mass is 286 g/mol. The van der Waals surface area contributed by atoms with E-state index in [1.54, 1.807) is 0 Å². The van der Waals surface area contributed by atoms with Gasteiger partial charge in [-0.15, -0.1) is 0 Å². The molecule has 0 N–H and O–H groups in total. The number of halogens is 2. The number of rotatable bonds is 3. The molecule has 1 saturated carbocycles. The maximum Gasteiger partial charge on any atom is 0.0438 e. The van der Waals surface area contributed by atoms with Crippen LogP contribution in [0, 0.1) is 5.92 Å². The normalized spacial score (nSPS) is 19.3. The van der Waals surface area contributed by atoms with E-state index in [2.05, 4.69) is 28.1 Å². The van der Waals surface area contributed by atoms with Gasteiger partial charge in [0.2, 0.25) is 0 Å². The molecular formula is C13H16BrCl. The van der Waals surface area contributed by atoms with Crippen molar-refractivity contribution < 1.29 is 0 Å². The first-order valence-corrected chi connectivity index (χ1v) is 6.94. The number of hydrogen-bond acceptors (Lipinski definition) is 0. The molecule has 82 valence electrons. The van der Waals surface area contributed by atoms with Gasteiger partial charge in [-0.2, -0.15) is 0 Å². The molecule has 1 aromatic carbocycles. The van der Waals surface area contributed by atoms with E-state index in [-0.39, 0.29) is 0 Å². The van der Waals surface area contributed by atoms with Crippen LogP contribution in [0.25, 0.3) is 0 Å². The molecule has 2 heteroatoms. The van der Waals surface area contributed by atoms with Gasteiger partial charge in [0, 0.05) is 9.85 Å². The van der Waals surface area contributed by atoms with Gasteiger partial charge >= 0.3 is 0 Å². The summed E-state index contributed by atoms with van der Waals surface area (Å²) in [4.78, 5) is 0.597. The second-order valence-corrected chi connectivity index (χ2v) is 5.94. The van der Waals surface area contributed by atoms with E-state index in [1.165, 1.54) is 31.2 Å². The standard InChI is InChI=1S/C13H16BrCl/c14-12(10-5-1-2-6-10)9-11-7-3-4-8-13(11)15/h3-4,7-8,10,12H,1-2,5-6,9H2. The lowest BCUT2D eigenvalue weighted by Crippen LogP contribution is -2.13. The minimum atomic E-state index is 0.597. The van der Waals surface area contributed by atoms with Gasteiger partial charge in [-0.25, -0.2) is 0 Å². The molecule has 0 amide bonds. The van der Waals surface area contributed by atoms with Crippen molar-refractivity contribution >= 4 is 27.5 Å². The Hall–Kier alpha value is -0.0100. The van der Waals surface area contributed by atoms with Crippen molar-refractivity contribution in [3.8, 4) is 0 Å². The smallest absolute Gasteiger partial charge is 0.0438 e. The molecular weight excluding hydrogens is 272 g/mol. The molecule has 1 atom stereocenters. The van der Waals surface area contributed by atoms with E-state index < -0.39 is 0 Å². The predicted octanol–water partition coefficient (Wildman–Crippen LogP) is 4.84. The number of alkyl halides is 1. The Bertz CT molecular complexity index is 318. The third kappa shape index (κ3) is 2.98. The fourth-order valence-corrected chi connectivity index (χ4v) is 3.45. The van der Waals surface area contributed by atoms with Gasteiger partial charge in [-0.05, 0) is 36.8 Å². The molecule has 0 bridgehead atoms. The number of hydrogen-bond donors (Lipinski definition) is 0. The van der Waals surface area contributed by atoms with Crippen molar-refractivity contribution in [1.82, 2.24) is 0 Å². The van der Waals surface area contributed by atoms with E-state index in [9.17, 15) is 0 Å². The fraction of sp³-hybridized carbons (Fsp3) is 0.538. The Kier molecular flexibility index (Phi) is 4.10. The molecule has 0 spiro atoms. The molecule has 0 radical (unpaired) electrons. The summed E-state index contributed by atoms with van der Waals surface area (Å²) >= 11 is 9.97. The van der Waals surface area contributed by atoms with Crippen LogP contribution in [0.1, 0.15) is 31.2 Å². The highest BCUT2D eigenvalue weighted by Gasteiger charge is 2.23.